The zero-order chi connectivity index (χ0) is 14.0. The first kappa shape index (κ1) is 16.2. The Hall–Kier alpha value is -0.190. The molecule has 0 saturated carbocycles. The molecule has 1 nitrogen and oxygen atoms in total. The Kier molecular flexibility index (Phi) is 7.84. The van der Waals surface area contributed by atoms with Crippen molar-refractivity contribution in [2.75, 3.05) is 5.75 Å². The zero-order valence-corrected chi connectivity index (χ0v) is 14.6. The molecule has 110 valence electrons. The van der Waals surface area contributed by atoms with Gasteiger partial charge in [0.15, 0.2) is 0 Å². The van der Waals surface area contributed by atoms with Crippen LogP contribution in [0.2, 0.25) is 0 Å². The van der Waals surface area contributed by atoms with E-state index in [1.54, 1.807) is 0 Å². The van der Waals surface area contributed by atoms with Crippen LogP contribution in [0.3, 0.4) is 0 Å². The lowest BCUT2D eigenvalue weighted by atomic mass is 10.1. The summed E-state index contributed by atoms with van der Waals surface area (Å²) in [6.07, 6.45) is 8.33. The van der Waals surface area contributed by atoms with Crippen LogP contribution in [-0.4, -0.2) is 10.7 Å². The predicted octanol–water partition coefficient (Wildman–Crippen LogP) is 6.54. The molecule has 0 atom stereocenters. The van der Waals surface area contributed by atoms with Crippen molar-refractivity contribution in [3.63, 3.8) is 0 Å². The highest BCUT2D eigenvalue weighted by molar-refractivity contribution is 8.76. The second-order valence-electron chi connectivity index (χ2n) is 4.93. The minimum atomic E-state index is 1.04. The van der Waals surface area contributed by atoms with E-state index >= 15 is 0 Å². The van der Waals surface area contributed by atoms with Gasteiger partial charge in [-0.3, -0.25) is 0 Å². The van der Waals surface area contributed by atoms with Gasteiger partial charge >= 0.3 is 0 Å². The van der Waals surface area contributed by atoms with Gasteiger partial charge in [0.05, 0.1) is 16.0 Å². The minimum Gasteiger partial charge on any atom is -0.240 e. The lowest BCUT2D eigenvalue weighted by molar-refractivity contribution is 0.627. The van der Waals surface area contributed by atoms with E-state index in [-0.39, 0.29) is 0 Å². The molecule has 1 heterocycles. The van der Waals surface area contributed by atoms with Gasteiger partial charge in [-0.2, -0.15) is 0 Å². The fourth-order valence-electron chi connectivity index (χ4n) is 2.07. The highest BCUT2D eigenvalue weighted by atomic mass is 33.1. The molecule has 0 N–H and O–H groups in total. The number of nitrogens with zero attached hydrogens (tertiary/aromatic N) is 1. The first-order valence-electron chi connectivity index (χ1n) is 7.49. The Morgan fingerprint density at radius 2 is 1.80 bits per heavy atom. The number of rotatable bonds is 10. The summed E-state index contributed by atoms with van der Waals surface area (Å²) in [6.45, 7) is 2.27. The molecule has 0 fully saturated rings. The molecule has 0 aliphatic rings. The van der Waals surface area contributed by atoms with Crippen LogP contribution in [0.1, 0.15) is 50.5 Å². The van der Waals surface area contributed by atoms with Crippen molar-refractivity contribution >= 4 is 43.1 Å². The van der Waals surface area contributed by atoms with E-state index in [1.807, 2.05) is 32.9 Å². The maximum Gasteiger partial charge on any atom is 0.105 e. The second-order valence-corrected chi connectivity index (χ2v) is 8.63. The van der Waals surface area contributed by atoms with E-state index in [1.165, 1.54) is 54.0 Å². The highest BCUT2D eigenvalue weighted by Crippen LogP contribution is 2.30. The monoisotopic (exact) mass is 325 g/mol. The molecule has 0 bridgehead atoms. The van der Waals surface area contributed by atoms with Gasteiger partial charge in [-0.1, -0.05) is 72.7 Å². The minimum absolute atomic E-state index is 1.04. The largest absolute Gasteiger partial charge is 0.240 e. The van der Waals surface area contributed by atoms with Gasteiger partial charge < -0.3 is 0 Å². The SMILES string of the molecule is CCCCCCCCSSCc1nc2ccccc2s1. The van der Waals surface area contributed by atoms with Crippen LogP contribution >= 0.6 is 32.9 Å². The van der Waals surface area contributed by atoms with Gasteiger partial charge in [-0.05, 0) is 18.6 Å². The maximum absolute atomic E-state index is 4.66. The fraction of sp³-hybridized carbons (Fsp3) is 0.562. The molecule has 1 aromatic carbocycles. The zero-order valence-electron chi connectivity index (χ0n) is 12.1. The smallest absolute Gasteiger partial charge is 0.105 e. The predicted molar refractivity (Wildman–Crippen MR) is 96.7 cm³/mol. The molecule has 1 aromatic heterocycles. The Balaban J connectivity index is 1.55. The summed E-state index contributed by atoms with van der Waals surface area (Å²) in [5.74, 6) is 2.32. The van der Waals surface area contributed by atoms with Crippen molar-refractivity contribution in [3.8, 4) is 0 Å². The average molecular weight is 326 g/mol. The van der Waals surface area contributed by atoms with Crippen LogP contribution in [0.5, 0.6) is 0 Å². The van der Waals surface area contributed by atoms with Crippen molar-refractivity contribution in [1.82, 2.24) is 4.98 Å². The summed E-state index contributed by atoms with van der Waals surface area (Å²) < 4.78 is 1.31. The number of thiazole rings is 1. The van der Waals surface area contributed by atoms with E-state index in [4.69, 9.17) is 0 Å². The topological polar surface area (TPSA) is 12.9 Å². The summed E-state index contributed by atoms with van der Waals surface area (Å²) >= 11 is 1.83. The number of hydrogen-bond donors (Lipinski definition) is 0. The molecule has 0 aliphatic carbocycles. The number of aromatic nitrogens is 1. The van der Waals surface area contributed by atoms with Crippen LogP contribution in [0.15, 0.2) is 24.3 Å². The van der Waals surface area contributed by atoms with Crippen LogP contribution in [-0.2, 0) is 5.75 Å². The molecule has 0 saturated heterocycles. The Labute approximate surface area is 134 Å². The normalized spacial score (nSPS) is 11.2. The summed E-state index contributed by atoms with van der Waals surface area (Å²) in [4.78, 5) is 4.66. The van der Waals surface area contributed by atoms with Crippen molar-refractivity contribution in [2.24, 2.45) is 0 Å². The molecule has 20 heavy (non-hydrogen) atoms. The van der Waals surface area contributed by atoms with Crippen LogP contribution in [0, 0.1) is 0 Å². The third-order valence-corrected chi connectivity index (χ3v) is 6.77. The molecule has 0 spiro atoms. The number of hydrogen-bond acceptors (Lipinski definition) is 4. The fourth-order valence-corrected chi connectivity index (χ4v) is 5.45. The molecule has 0 unspecified atom stereocenters. The number of unbranched alkanes of at least 4 members (excludes halogenated alkanes) is 5. The van der Waals surface area contributed by atoms with Crippen LogP contribution < -0.4 is 0 Å². The third-order valence-electron chi connectivity index (χ3n) is 3.19. The Morgan fingerprint density at radius 1 is 1.00 bits per heavy atom. The van der Waals surface area contributed by atoms with E-state index in [9.17, 15) is 0 Å². The number of benzene rings is 1. The summed E-state index contributed by atoms with van der Waals surface area (Å²) in [5, 5.41) is 1.26. The molecule has 4 heteroatoms. The standard InChI is InChI=1S/C16H23NS3/c1-2-3-4-5-6-9-12-18-19-13-16-17-14-10-7-8-11-15(14)20-16/h7-8,10-11H,2-6,9,12-13H2,1H3. The number of fused-ring (bicyclic) bond motifs is 1. The van der Waals surface area contributed by atoms with Crippen molar-refractivity contribution in [2.45, 2.75) is 51.2 Å². The molecular formula is C16H23NS3. The van der Waals surface area contributed by atoms with Crippen LogP contribution in [0.25, 0.3) is 10.2 Å². The first-order valence-corrected chi connectivity index (χ1v) is 10.8. The van der Waals surface area contributed by atoms with Gasteiger partial charge in [-0.15, -0.1) is 11.3 Å². The van der Waals surface area contributed by atoms with Crippen molar-refractivity contribution in [1.29, 1.82) is 0 Å². The van der Waals surface area contributed by atoms with Gasteiger partial charge in [0, 0.05) is 5.75 Å². The molecule has 2 rings (SSSR count). The Morgan fingerprint density at radius 3 is 2.65 bits per heavy atom. The maximum atomic E-state index is 4.66. The summed E-state index contributed by atoms with van der Waals surface area (Å²) in [6, 6.07) is 8.41. The van der Waals surface area contributed by atoms with Gasteiger partial charge in [0.1, 0.15) is 5.01 Å². The number of para-hydroxylation sites is 1. The van der Waals surface area contributed by atoms with E-state index in [0.717, 1.165) is 11.3 Å². The lowest BCUT2D eigenvalue weighted by Crippen LogP contribution is -1.81. The highest BCUT2D eigenvalue weighted by Gasteiger charge is 2.03. The second kappa shape index (κ2) is 9.69. The van der Waals surface area contributed by atoms with Gasteiger partial charge in [0.25, 0.3) is 0 Å². The van der Waals surface area contributed by atoms with E-state index < -0.39 is 0 Å². The van der Waals surface area contributed by atoms with Crippen LogP contribution in [0.4, 0.5) is 0 Å². The lowest BCUT2D eigenvalue weighted by Gasteiger charge is -2.00. The summed E-state index contributed by atoms with van der Waals surface area (Å²) in [7, 11) is 3.96. The van der Waals surface area contributed by atoms with E-state index in [0.29, 0.717) is 0 Å². The van der Waals surface area contributed by atoms with Gasteiger partial charge in [0.2, 0.25) is 0 Å². The Bertz CT molecular complexity index is 462. The van der Waals surface area contributed by atoms with E-state index in [2.05, 4.69) is 36.2 Å². The molecule has 0 amide bonds. The van der Waals surface area contributed by atoms with Gasteiger partial charge in [-0.25, -0.2) is 4.98 Å². The van der Waals surface area contributed by atoms with Crippen molar-refractivity contribution in [3.05, 3.63) is 29.3 Å². The molecule has 0 aliphatic heterocycles. The van der Waals surface area contributed by atoms with Crippen molar-refractivity contribution < 1.29 is 0 Å². The average Bonchev–Trinajstić information content (AvgIpc) is 2.88. The molecule has 2 aromatic rings. The molecule has 0 radical (unpaired) electrons. The summed E-state index contributed by atoms with van der Waals surface area (Å²) in [5.41, 5.74) is 1.15. The quantitative estimate of drug-likeness (QED) is 0.363. The first-order chi connectivity index (χ1) is 9.90. The molecular weight excluding hydrogens is 302 g/mol. The third kappa shape index (κ3) is 5.66.